The van der Waals surface area contributed by atoms with Crippen LogP contribution in [0.2, 0.25) is 0 Å². The third kappa shape index (κ3) is 1.33. The van der Waals surface area contributed by atoms with Crippen LogP contribution in [0.15, 0.2) is 0 Å². The Bertz CT molecular complexity index is 163. The summed E-state index contributed by atoms with van der Waals surface area (Å²) in [6, 6.07) is 0. The van der Waals surface area contributed by atoms with Gasteiger partial charge in [-0.3, -0.25) is 0 Å². The molecule has 4 atom stereocenters. The molecule has 1 saturated carbocycles. The summed E-state index contributed by atoms with van der Waals surface area (Å²) in [7, 11) is 0. The van der Waals surface area contributed by atoms with Crippen molar-refractivity contribution < 1.29 is 30.6 Å². The van der Waals surface area contributed by atoms with E-state index >= 15 is 0 Å². The average molecular weight is 181 g/mol. The summed E-state index contributed by atoms with van der Waals surface area (Å²) in [6.07, 6.45) is -9.51. The third-order valence-electron chi connectivity index (χ3n) is 2.07. The van der Waals surface area contributed by atoms with Gasteiger partial charge in [0.1, 0.15) is 36.6 Å². The van der Waals surface area contributed by atoms with Crippen molar-refractivity contribution in [3.63, 3.8) is 0 Å². The maximum Gasteiger partial charge on any atom is 0.211 e. The lowest BCUT2D eigenvalue weighted by molar-refractivity contribution is -0.223. The molecule has 1 aliphatic carbocycles. The molecule has 1 fully saturated rings. The molecule has 0 heterocycles. The lowest BCUT2D eigenvalue weighted by Crippen LogP contribution is -2.63. The molecule has 6 heteroatoms. The molecule has 0 radical (unpaired) electrons. The lowest BCUT2D eigenvalue weighted by Gasteiger charge is -2.39. The zero-order valence-corrected chi connectivity index (χ0v) is 6.11. The minimum Gasteiger partial charge on any atom is -0.387 e. The van der Waals surface area contributed by atoms with E-state index in [1.165, 1.54) is 0 Å². The molecule has 0 aromatic carbocycles. The fourth-order valence-corrected chi connectivity index (χ4v) is 1.20. The highest BCUT2D eigenvalue weighted by atomic mass is 16.4. The fraction of sp³-hybridized carbons (Fsp3) is 1.00. The van der Waals surface area contributed by atoms with E-state index in [-0.39, 0.29) is 0 Å². The lowest BCUT2D eigenvalue weighted by atomic mass is 9.85. The number of rotatable bonds is 1. The number of hydrogen-bond acceptors (Lipinski definition) is 6. The first-order valence-corrected chi connectivity index (χ1v) is 3.53. The van der Waals surface area contributed by atoms with Crippen molar-refractivity contribution in [3.05, 3.63) is 0 Å². The van der Waals surface area contributed by atoms with Crippen LogP contribution in [-0.4, -0.2) is 68.7 Å². The molecule has 12 heavy (non-hydrogen) atoms. The van der Waals surface area contributed by atoms with Gasteiger partial charge in [0.05, 0.1) is 0 Å². The topological polar surface area (TPSA) is 121 Å². The van der Waals surface area contributed by atoms with Gasteiger partial charge in [0, 0.05) is 0 Å². The van der Waals surface area contributed by atoms with Gasteiger partial charge in [-0.25, -0.2) is 0 Å². The Morgan fingerprint density at radius 1 is 0.583 bits per heavy atom. The SMILES string of the molecule is [2H]OC1C(O)C(O)C(O)C(O)C1O. The molecule has 1 aliphatic rings. The van der Waals surface area contributed by atoms with Crippen molar-refractivity contribution in [3.8, 4) is 0 Å². The van der Waals surface area contributed by atoms with E-state index in [0.717, 1.165) is 0 Å². The summed E-state index contributed by atoms with van der Waals surface area (Å²) in [5.41, 5.74) is 0. The van der Waals surface area contributed by atoms with Crippen LogP contribution in [0.5, 0.6) is 0 Å². The van der Waals surface area contributed by atoms with Crippen molar-refractivity contribution in [2.75, 3.05) is 0 Å². The molecule has 72 valence electrons. The third-order valence-corrected chi connectivity index (χ3v) is 2.07. The largest absolute Gasteiger partial charge is 0.387 e. The number of hydrogen-bond donors (Lipinski definition) is 6. The summed E-state index contributed by atoms with van der Waals surface area (Å²) < 4.78 is 6.48. The van der Waals surface area contributed by atoms with Crippen molar-refractivity contribution >= 4 is 0 Å². The minimum atomic E-state index is -1.64. The van der Waals surface area contributed by atoms with Gasteiger partial charge in [0.2, 0.25) is 1.43 Å². The van der Waals surface area contributed by atoms with Gasteiger partial charge in [-0.1, -0.05) is 0 Å². The van der Waals surface area contributed by atoms with Crippen LogP contribution in [0, 0.1) is 0 Å². The monoisotopic (exact) mass is 181 g/mol. The zero-order chi connectivity index (χ0) is 10.2. The second-order valence-electron chi connectivity index (χ2n) is 2.92. The van der Waals surface area contributed by atoms with E-state index in [2.05, 4.69) is 5.11 Å². The smallest absolute Gasteiger partial charge is 0.211 e. The maximum atomic E-state index is 9.17. The van der Waals surface area contributed by atoms with E-state index in [1.54, 1.807) is 0 Å². The van der Waals surface area contributed by atoms with Crippen LogP contribution in [0.3, 0.4) is 0 Å². The van der Waals surface area contributed by atoms with E-state index in [9.17, 15) is 0 Å². The summed E-state index contributed by atoms with van der Waals surface area (Å²) in [4.78, 5) is 0. The summed E-state index contributed by atoms with van der Waals surface area (Å²) in [5.74, 6) is 0. The Hall–Kier alpha value is -0.240. The molecule has 0 bridgehead atoms. The molecule has 0 amide bonds. The van der Waals surface area contributed by atoms with Crippen LogP contribution in [0.4, 0.5) is 0 Å². The number of aliphatic hydroxyl groups excluding tert-OH is 6. The summed E-state index contributed by atoms with van der Waals surface area (Å²) in [6.45, 7) is 0. The van der Waals surface area contributed by atoms with Crippen molar-refractivity contribution in [1.82, 2.24) is 0 Å². The summed E-state index contributed by atoms with van der Waals surface area (Å²) >= 11 is 0. The predicted octanol–water partition coefficient (Wildman–Crippen LogP) is -3.83. The van der Waals surface area contributed by atoms with Crippen LogP contribution in [-0.2, 0) is 0 Å². The average Bonchev–Trinajstić information content (AvgIpc) is 2.13. The van der Waals surface area contributed by atoms with Crippen LogP contribution < -0.4 is 0 Å². The Morgan fingerprint density at radius 2 is 0.833 bits per heavy atom. The zero-order valence-electron chi connectivity index (χ0n) is 7.11. The molecule has 4 unspecified atom stereocenters. The van der Waals surface area contributed by atoms with Gasteiger partial charge in [-0.05, 0) is 0 Å². The molecule has 0 aromatic heterocycles. The fourth-order valence-electron chi connectivity index (χ4n) is 1.20. The van der Waals surface area contributed by atoms with E-state index < -0.39 is 36.6 Å². The molecule has 0 saturated heterocycles. The van der Waals surface area contributed by atoms with Crippen LogP contribution in [0.25, 0.3) is 0 Å². The standard InChI is InChI=1S/C6H12O6/c7-1-2(8)4(10)6(12)5(11)3(1)9/h1-12H/i7D. The summed E-state index contributed by atoms with van der Waals surface area (Å²) in [5, 5.41) is 49.5. The molecule has 0 aliphatic heterocycles. The molecule has 6 nitrogen and oxygen atoms in total. The van der Waals surface area contributed by atoms with Crippen LogP contribution in [0.1, 0.15) is 0 Å². The Morgan fingerprint density at radius 3 is 1.08 bits per heavy atom. The highest BCUT2D eigenvalue weighted by Gasteiger charge is 2.47. The molecule has 6 N–H and O–H groups in total. The molecular formula is C6H12O6. The molecule has 1 rings (SSSR count). The van der Waals surface area contributed by atoms with Gasteiger partial charge >= 0.3 is 0 Å². The Kier molecular flexibility index (Phi) is 2.26. The van der Waals surface area contributed by atoms with Crippen molar-refractivity contribution in [2.45, 2.75) is 36.6 Å². The Labute approximate surface area is 69.8 Å². The first kappa shape index (κ1) is 8.36. The predicted molar refractivity (Wildman–Crippen MR) is 36.0 cm³/mol. The van der Waals surface area contributed by atoms with Crippen molar-refractivity contribution in [1.29, 1.82) is 1.43 Å². The maximum absolute atomic E-state index is 9.17. The highest BCUT2D eigenvalue weighted by Crippen LogP contribution is 2.20. The first-order valence-electron chi connectivity index (χ1n) is 3.93. The second kappa shape index (κ2) is 3.25. The van der Waals surface area contributed by atoms with E-state index in [4.69, 9.17) is 27.0 Å². The molecule has 0 aromatic rings. The normalized spacial score (nSPS) is 56.6. The highest BCUT2D eigenvalue weighted by molar-refractivity contribution is 4.98. The van der Waals surface area contributed by atoms with Gasteiger partial charge in [0.25, 0.3) is 0 Å². The van der Waals surface area contributed by atoms with E-state index in [0.29, 0.717) is 0 Å². The van der Waals surface area contributed by atoms with Gasteiger partial charge in [0.15, 0.2) is 0 Å². The van der Waals surface area contributed by atoms with Gasteiger partial charge in [-0.15, -0.1) is 0 Å². The van der Waals surface area contributed by atoms with Gasteiger partial charge in [-0.2, -0.15) is 0 Å². The van der Waals surface area contributed by atoms with Crippen LogP contribution >= 0.6 is 0 Å². The van der Waals surface area contributed by atoms with E-state index in [1.807, 2.05) is 0 Å². The number of aliphatic hydroxyl groups is 6. The molecule has 0 spiro atoms. The molecular weight excluding hydrogens is 168 g/mol. The van der Waals surface area contributed by atoms with Gasteiger partial charge < -0.3 is 30.6 Å². The second-order valence-corrected chi connectivity index (χ2v) is 2.92. The Balaban J connectivity index is 2.79. The quantitative estimate of drug-likeness (QED) is 0.246. The first-order chi connectivity index (χ1) is 6.00. The van der Waals surface area contributed by atoms with Crippen molar-refractivity contribution in [2.24, 2.45) is 0 Å². The minimum absolute atomic E-state index is 1.42.